The Balaban J connectivity index is 2.14. The van der Waals surface area contributed by atoms with Crippen molar-refractivity contribution in [1.29, 1.82) is 0 Å². The van der Waals surface area contributed by atoms with Crippen LogP contribution in [0.4, 0.5) is 5.82 Å². The third-order valence-electron chi connectivity index (χ3n) is 2.30. The Bertz CT molecular complexity index is 533. The van der Waals surface area contributed by atoms with E-state index in [2.05, 4.69) is 15.4 Å². The minimum Gasteiger partial charge on any atom is -0.370 e. The molecule has 0 saturated carbocycles. The van der Waals surface area contributed by atoms with Crippen molar-refractivity contribution in [2.45, 2.75) is 13.5 Å². The molecular weight excluding hydrogens is 216 g/mol. The van der Waals surface area contributed by atoms with E-state index < -0.39 is 0 Å². The Hall–Kier alpha value is -2.17. The second-order valence-corrected chi connectivity index (χ2v) is 3.60. The summed E-state index contributed by atoms with van der Waals surface area (Å²) >= 11 is 0. The standard InChI is InChI=1S/C12H14N4O/c1-2-13-11-6-5-10(8-14-11)9-16-12(17)4-3-7-15-16/h3-8H,2,9H2,1H3,(H,13,14). The van der Waals surface area contributed by atoms with Gasteiger partial charge in [-0.2, -0.15) is 5.10 Å². The molecule has 0 saturated heterocycles. The Morgan fingerprint density at radius 1 is 1.35 bits per heavy atom. The molecule has 0 aliphatic rings. The summed E-state index contributed by atoms with van der Waals surface area (Å²) in [5, 5.41) is 7.11. The Morgan fingerprint density at radius 3 is 2.88 bits per heavy atom. The Labute approximate surface area is 99.1 Å². The van der Waals surface area contributed by atoms with Crippen LogP contribution in [0.3, 0.4) is 0 Å². The van der Waals surface area contributed by atoms with Gasteiger partial charge in [-0.25, -0.2) is 9.67 Å². The SMILES string of the molecule is CCNc1ccc(Cn2ncccc2=O)cn1. The number of aromatic nitrogens is 3. The molecule has 2 aromatic rings. The normalized spacial score (nSPS) is 10.2. The molecule has 5 heteroatoms. The molecule has 2 rings (SSSR count). The van der Waals surface area contributed by atoms with Gasteiger partial charge in [0, 0.05) is 25.0 Å². The predicted molar refractivity (Wildman–Crippen MR) is 66.0 cm³/mol. The first-order chi connectivity index (χ1) is 8.29. The van der Waals surface area contributed by atoms with E-state index in [9.17, 15) is 4.79 Å². The minimum atomic E-state index is -0.108. The van der Waals surface area contributed by atoms with Gasteiger partial charge in [0.15, 0.2) is 0 Å². The second-order valence-electron chi connectivity index (χ2n) is 3.60. The maximum absolute atomic E-state index is 11.5. The van der Waals surface area contributed by atoms with Crippen LogP contribution >= 0.6 is 0 Å². The number of hydrogen-bond acceptors (Lipinski definition) is 4. The molecule has 0 aromatic carbocycles. The van der Waals surface area contributed by atoms with Gasteiger partial charge >= 0.3 is 0 Å². The summed E-state index contributed by atoms with van der Waals surface area (Å²) in [7, 11) is 0. The largest absolute Gasteiger partial charge is 0.370 e. The van der Waals surface area contributed by atoms with Gasteiger partial charge in [-0.3, -0.25) is 4.79 Å². The predicted octanol–water partition coefficient (Wildman–Crippen LogP) is 1.12. The average molecular weight is 230 g/mol. The molecule has 0 aliphatic carbocycles. The van der Waals surface area contributed by atoms with Crippen LogP contribution in [-0.2, 0) is 6.54 Å². The van der Waals surface area contributed by atoms with Gasteiger partial charge in [-0.05, 0) is 24.6 Å². The zero-order valence-electron chi connectivity index (χ0n) is 9.63. The van der Waals surface area contributed by atoms with E-state index in [0.717, 1.165) is 17.9 Å². The minimum absolute atomic E-state index is 0.108. The topological polar surface area (TPSA) is 59.8 Å². The van der Waals surface area contributed by atoms with Gasteiger partial charge in [-0.15, -0.1) is 0 Å². The highest BCUT2D eigenvalue weighted by Crippen LogP contribution is 2.05. The van der Waals surface area contributed by atoms with Crippen molar-refractivity contribution in [1.82, 2.24) is 14.8 Å². The van der Waals surface area contributed by atoms with Crippen molar-refractivity contribution >= 4 is 5.82 Å². The monoisotopic (exact) mass is 230 g/mol. The molecule has 5 nitrogen and oxygen atoms in total. The third-order valence-corrected chi connectivity index (χ3v) is 2.30. The summed E-state index contributed by atoms with van der Waals surface area (Å²) in [5.41, 5.74) is 0.843. The molecule has 0 bridgehead atoms. The highest BCUT2D eigenvalue weighted by molar-refractivity contribution is 5.35. The molecule has 0 atom stereocenters. The smallest absolute Gasteiger partial charge is 0.267 e. The molecule has 0 fully saturated rings. The van der Waals surface area contributed by atoms with E-state index in [4.69, 9.17) is 0 Å². The maximum atomic E-state index is 11.5. The van der Waals surface area contributed by atoms with Crippen LogP contribution < -0.4 is 10.9 Å². The van der Waals surface area contributed by atoms with Crippen LogP contribution in [0, 0.1) is 0 Å². The lowest BCUT2D eigenvalue weighted by atomic mass is 10.3. The second kappa shape index (κ2) is 5.25. The molecule has 0 radical (unpaired) electrons. The molecule has 2 heterocycles. The van der Waals surface area contributed by atoms with Gasteiger partial charge in [-0.1, -0.05) is 6.07 Å². The van der Waals surface area contributed by atoms with Crippen LogP contribution in [0.25, 0.3) is 0 Å². The highest BCUT2D eigenvalue weighted by atomic mass is 16.1. The number of nitrogens with zero attached hydrogens (tertiary/aromatic N) is 3. The molecular formula is C12H14N4O. The number of anilines is 1. The fourth-order valence-electron chi connectivity index (χ4n) is 1.48. The quantitative estimate of drug-likeness (QED) is 0.855. The van der Waals surface area contributed by atoms with E-state index in [1.165, 1.54) is 10.7 Å². The van der Waals surface area contributed by atoms with Crippen molar-refractivity contribution in [3.8, 4) is 0 Å². The molecule has 0 amide bonds. The van der Waals surface area contributed by atoms with Crippen LogP contribution in [-0.4, -0.2) is 21.3 Å². The van der Waals surface area contributed by atoms with Crippen LogP contribution in [0.1, 0.15) is 12.5 Å². The zero-order valence-corrected chi connectivity index (χ0v) is 9.63. The first-order valence-corrected chi connectivity index (χ1v) is 5.50. The fourth-order valence-corrected chi connectivity index (χ4v) is 1.48. The van der Waals surface area contributed by atoms with Crippen molar-refractivity contribution in [2.24, 2.45) is 0 Å². The number of pyridine rings is 1. The highest BCUT2D eigenvalue weighted by Gasteiger charge is 1.99. The van der Waals surface area contributed by atoms with Gasteiger partial charge < -0.3 is 5.32 Å². The number of rotatable bonds is 4. The molecule has 17 heavy (non-hydrogen) atoms. The summed E-state index contributed by atoms with van der Waals surface area (Å²) in [6.45, 7) is 3.30. The third kappa shape index (κ3) is 2.90. The van der Waals surface area contributed by atoms with Gasteiger partial charge in [0.2, 0.25) is 0 Å². The van der Waals surface area contributed by atoms with Crippen LogP contribution in [0.5, 0.6) is 0 Å². The van der Waals surface area contributed by atoms with Gasteiger partial charge in [0.1, 0.15) is 5.82 Å². The molecule has 0 spiro atoms. The lowest BCUT2D eigenvalue weighted by Crippen LogP contribution is -2.21. The number of nitrogens with one attached hydrogen (secondary N) is 1. The van der Waals surface area contributed by atoms with Gasteiger partial charge in [0.05, 0.1) is 6.54 Å². The zero-order chi connectivity index (χ0) is 12.1. The fraction of sp³-hybridized carbons (Fsp3) is 0.250. The summed E-state index contributed by atoms with van der Waals surface area (Å²) in [6, 6.07) is 6.96. The van der Waals surface area contributed by atoms with E-state index in [1.807, 2.05) is 19.1 Å². The number of hydrogen-bond donors (Lipinski definition) is 1. The van der Waals surface area contributed by atoms with Crippen molar-refractivity contribution in [3.63, 3.8) is 0 Å². The lowest BCUT2D eigenvalue weighted by Gasteiger charge is -2.05. The van der Waals surface area contributed by atoms with E-state index in [0.29, 0.717) is 6.54 Å². The Kier molecular flexibility index (Phi) is 3.49. The average Bonchev–Trinajstić information content (AvgIpc) is 2.35. The first-order valence-electron chi connectivity index (χ1n) is 5.50. The summed E-state index contributed by atoms with van der Waals surface area (Å²) < 4.78 is 1.41. The van der Waals surface area contributed by atoms with Crippen molar-refractivity contribution in [2.75, 3.05) is 11.9 Å². The van der Waals surface area contributed by atoms with E-state index >= 15 is 0 Å². The maximum Gasteiger partial charge on any atom is 0.267 e. The molecule has 2 aromatic heterocycles. The lowest BCUT2D eigenvalue weighted by molar-refractivity contribution is 0.637. The van der Waals surface area contributed by atoms with Crippen LogP contribution in [0.15, 0.2) is 41.5 Å². The van der Waals surface area contributed by atoms with Gasteiger partial charge in [0.25, 0.3) is 5.56 Å². The van der Waals surface area contributed by atoms with E-state index in [1.54, 1.807) is 18.5 Å². The molecule has 0 unspecified atom stereocenters. The summed E-state index contributed by atoms with van der Waals surface area (Å²) in [5.74, 6) is 0.838. The summed E-state index contributed by atoms with van der Waals surface area (Å²) in [6.07, 6.45) is 3.35. The van der Waals surface area contributed by atoms with Crippen LogP contribution in [0.2, 0.25) is 0 Å². The molecule has 1 N–H and O–H groups in total. The van der Waals surface area contributed by atoms with Crippen molar-refractivity contribution < 1.29 is 0 Å². The van der Waals surface area contributed by atoms with E-state index in [-0.39, 0.29) is 5.56 Å². The molecule has 88 valence electrons. The first kappa shape index (κ1) is 11.3. The Morgan fingerprint density at radius 2 is 2.24 bits per heavy atom. The molecule has 0 aliphatic heterocycles. The summed E-state index contributed by atoms with van der Waals surface area (Å²) in [4.78, 5) is 15.7. The van der Waals surface area contributed by atoms with Crippen molar-refractivity contribution in [3.05, 3.63) is 52.6 Å².